The standard InChI is InChI=1S/C16H18F3N3O/c1-15(2,10-23)9-21-14-8-20-7-13(22-14)11-4-3-5-12(6-11)16(17,18)19/h3-8,23H,9-10H2,1-2H3,(H,21,22). The Hall–Kier alpha value is -2.15. The fraction of sp³-hybridized carbons (Fsp3) is 0.375. The Bertz CT molecular complexity index is 672. The molecule has 2 aromatic rings. The molecule has 4 nitrogen and oxygen atoms in total. The summed E-state index contributed by atoms with van der Waals surface area (Å²) in [6, 6.07) is 4.96. The molecule has 2 N–H and O–H groups in total. The van der Waals surface area contributed by atoms with Crippen molar-refractivity contribution >= 4 is 5.82 Å². The number of nitrogens with one attached hydrogen (secondary N) is 1. The topological polar surface area (TPSA) is 58.0 Å². The van der Waals surface area contributed by atoms with E-state index in [0.717, 1.165) is 12.1 Å². The smallest absolute Gasteiger partial charge is 0.396 e. The first kappa shape index (κ1) is 17.2. The van der Waals surface area contributed by atoms with Gasteiger partial charge in [0, 0.05) is 24.1 Å². The number of anilines is 1. The molecule has 124 valence electrons. The lowest BCUT2D eigenvalue weighted by Gasteiger charge is -2.22. The molecule has 7 heteroatoms. The lowest BCUT2D eigenvalue weighted by Crippen LogP contribution is -2.27. The number of alkyl halides is 3. The highest BCUT2D eigenvalue weighted by Crippen LogP contribution is 2.31. The number of nitrogens with zero attached hydrogens (tertiary/aromatic N) is 2. The van der Waals surface area contributed by atoms with E-state index in [2.05, 4.69) is 15.3 Å². The Kier molecular flexibility index (Phi) is 4.89. The highest BCUT2D eigenvalue weighted by Gasteiger charge is 2.30. The molecule has 0 bridgehead atoms. The van der Waals surface area contributed by atoms with E-state index < -0.39 is 11.7 Å². The zero-order chi connectivity index (χ0) is 17.1. The zero-order valence-electron chi connectivity index (χ0n) is 12.9. The predicted octanol–water partition coefficient (Wildman–Crippen LogP) is 3.59. The van der Waals surface area contributed by atoms with E-state index >= 15 is 0 Å². The molecule has 0 atom stereocenters. The van der Waals surface area contributed by atoms with Crippen molar-refractivity contribution in [1.82, 2.24) is 9.97 Å². The molecule has 0 radical (unpaired) electrons. The van der Waals surface area contributed by atoms with Gasteiger partial charge in [-0.15, -0.1) is 0 Å². The molecule has 0 unspecified atom stereocenters. The van der Waals surface area contributed by atoms with Gasteiger partial charge in [0.05, 0.1) is 23.7 Å². The highest BCUT2D eigenvalue weighted by molar-refractivity contribution is 5.61. The molecule has 1 aromatic carbocycles. The number of hydrogen-bond acceptors (Lipinski definition) is 4. The maximum atomic E-state index is 12.8. The van der Waals surface area contributed by atoms with Crippen LogP contribution in [-0.4, -0.2) is 28.2 Å². The van der Waals surface area contributed by atoms with Crippen LogP contribution in [0.2, 0.25) is 0 Å². The van der Waals surface area contributed by atoms with Gasteiger partial charge in [-0.2, -0.15) is 13.2 Å². The monoisotopic (exact) mass is 325 g/mol. The number of hydrogen-bond donors (Lipinski definition) is 2. The zero-order valence-corrected chi connectivity index (χ0v) is 12.9. The summed E-state index contributed by atoms with van der Waals surface area (Å²) in [5, 5.41) is 12.3. The van der Waals surface area contributed by atoms with Gasteiger partial charge in [0.15, 0.2) is 0 Å². The van der Waals surface area contributed by atoms with Crippen molar-refractivity contribution in [3.05, 3.63) is 42.2 Å². The molecule has 1 heterocycles. The Balaban J connectivity index is 2.23. The first-order valence-corrected chi connectivity index (χ1v) is 7.06. The third-order valence-corrected chi connectivity index (χ3v) is 3.30. The van der Waals surface area contributed by atoms with Gasteiger partial charge in [0.25, 0.3) is 0 Å². The summed E-state index contributed by atoms with van der Waals surface area (Å²) in [6.07, 6.45) is -1.49. The minimum absolute atomic E-state index is 0.000741. The molecule has 0 fully saturated rings. The second-order valence-electron chi connectivity index (χ2n) is 6.04. The van der Waals surface area contributed by atoms with E-state index in [1.165, 1.54) is 18.5 Å². The number of aliphatic hydroxyl groups is 1. The number of halogens is 3. The largest absolute Gasteiger partial charge is 0.416 e. The Labute approximate surface area is 132 Å². The van der Waals surface area contributed by atoms with E-state index in [-0.39, 0.29) is 12.0 Å². The summed E-state index contributed by atoms with van der Waals surface area (Å²) in [6.45, 7) is 4.22. The van der Waals surface area contributed by atoms with Crippen molar-refractivity contribution in [3.63, 3.8) is 0 Å². The van der Waals surface area contributed by atoms with Crippen molar-refractivity contribution in [2.24, 2.45) is 5.41 Å². The molecule has 0 spiro atoms. The van der Waals surface area contributed by atoms with Crippen molar-refractivity contribution in [1.29, 1.82) is 0 Å². The first-order valence-electron chi connectivity index (χ1n) is 7.06. The molecular weight excluding hydrogens is 307 g/mol. The van der Waals surface area contributed by atoms with Crippen LogP contribution in [-0.2, 0) is 6.18 Å². The van der Waals surface area contributed by atoms with E-state index in [1.54, 1.807) is 6.07 Å². The SMILES string of the molecule is CC(C)(CO)CNc1cncc(-c2cccc(C(F)(F)F)c2)n1. The molecule has 0 aliphatic heterocycles. The summed E-state index contributed by atoms with van der Waals surface area (Å²) < 4.78 is 38.3. The average Bonchev–Trinajstić information content (AvgIpc) is 2.53. The summed E-state index contributed by atoms with van der Waals surface area (Å²) in [5.41, 5.74) is -0.370. The predicted molar refractivity (Wildman–Crippen MR) is 81.8 cm³/mol. The summed E-state index contributed by atoms with van der Waals surface area (Å²) in [4.78, 5) is 8.29. The van der Waals surface area contributed by atoms with Crippen LogP contribution in [0.4, 0.5) is 19.0 Å². The lowest BCUT2D eigenvalue weighted by atomic mass is 9.95. The van der Waals surface area contributed by atoms with Crippen LogP contribution in [0.1, 0.15) is 19.4 Å². The fourth-order valence-corrected chi connectivity index (χ4v) is 1.83. The summed E-state index contributed by atoms with van der Waals surface area (Å²) in [5.74, 6) is 0.446. The molecule has 0 saturated heterocycles. The maximum Gasteiger partial charge on any atom is 0.416 e. The minimum atomic E-state index is -4.40. The second kappa shape index (κ2) is 6.54. The van der Waals surface area contributed by atoms with E-state index in [4.69, 9.17) is 0 Å². The third-order valence-electron chi connectivity index (χ3n) is 3.30. The van der Waals surface area contributed by atoms with Crippen LogP contribution in [0, 0.1) is 5.41 Å². The quantitative estimate of drug-likeness (QED) is 0.882. The molecule has 2 rings (SSSR count). The number of aliphatic hydroxyl groups excluding tert-OH is 1. The van der Waals surface area contributed by atoms with Crippen LogP contribution < -0.4 is 5.32 Å². The van der Waals surface area contributed by atoms with E-state index in [0.29, 0.717) is 23.6 Å². The second-order valence-corrected chi connectivity index (χ2v) is 6.04. The van der Waals surface area contributed by atoms with Gasteiger partial charge < -0.3 is 10.4 Å². The van der Waals surface area contributed by atoms with Gasteiger partial charge in [0.1, 0.15) is 5.82 Å². The van der Waals surface area contributed by atoms with Gasteiger partial charge in [-0.1, -0.05) is 26.0 Å². The van der Waals surface area contributed by atoms with Gasteiger partial charge in [-0.25, -0.2) is 4.98 Å². The Morgan fingerprint density at radius 1 is 1.17 bits per heavy atom. The average molecular weight is 325 g/mol. The van der Waals surface area contributed by atoms with E-state index in [9.17, 15) is 18.3 Å². The molecule has 0 amide bonds. The molecule has 1 aromatic heterocycles. The molecule has 23 heavy (non-hydrogen) atoms. The fourth-order valence-electron chi connectivity index (χ4n) is 1.83. The lowest BCUT2D eigenvalue weighted by molar-refractivity contribution is -0.137. The number of aromatic nitrogens is 2. The van der Waals surface area contributed by atoms with Crippen molar-refractivity contribution < 1.29 is 18.3 Å². The van der Waals surface area contributed by atoms with Crippen LogP contribution in [0.3, 0.4) is 0 Å². The third kappa shape index (κ3) is 4.66. The van der Waals surface area contributed by atoms with E-state index in [1.807, 2.05) is 13.8 Å². The van der Waals surface area contributed by atoms with Gasteiger partial charge in [-0.05, 0) is 12.1 Å². The summed E-state index contributed by atoms with van der Waals surface area (Å²) >= 11 is 0. The van der Waals surface area contributed by atoms with Crippen molar-refractivity contribution in [3.8, 4) is 11.3 Å². The molecule has 0 aliphatic rings. The normalized spacial score (nSPS) is 12.3. The van der Waals surface area contributed by atoms with Crippen molar-refractivity contribution in [2.75, 3.05) is 18.5 Å². The van der Waals surface area contributed by atoms with Crippen LogP contribution in [0.5, 0.6) is 0 Å². The highest BCUT2D eigenvalue weighted by atomic mass is 19.4. The number of rotatable bonds is 5. The Morgan fingerprint density at radius 3 is 2.57 bits per heavy atom. The summed E-state index contributed by atoms with van der Waals surface area (Å²) in [7, 11) is 0. The molecular formula is C16H18F3N3O. The van der Waals surface area contributed by atoms with Crippen LogP contribution in [0.15, 0.2) is 36.7 Å². The van der Waals surface area contributed by atoms with Gasteiger partial charge >= 0.3 is 6.18 Å². The molecule has 0 aliphatic carbocycles. The van der Waals surface area contributed by atoms with Gasteiger partial charge in [0.2, 0.25) is 0 Å². The van der Waals surface area contributed by atoms with Crippen LogP contribution >= 0.6 is 0 Å². The minimum Gasteiger partial charge on any atom is -0.396 e. The van der Waals surface area contributed by atoms with Crippen LogP contribution in [0.25, 0.3) is 11.3 Å². The maximum absolute atomic E-state index is 12.8. The number of benzene rings is 1. The van der Waals surface area contributed by atoms with Gasteiger partial charge in [-0.3, -0.25) is 4.98 Å². The van der Waals surface area contributed by atoms with Crippen molar-refractivity contribution in [2.45, 2.75) is 20.0 Å². The molecule has 0 saturated carbocycles. The Morgan fingerprint density at radius 2 is 1.91 bits per heavy atom. The first-order chi connectivity index (χ1) is 10.7.